The van der Waals surface area contributed by atoms with Gasteiger partial charge in [-0.15, -0.1) is 11.6 Å². The van der Waals surface area contributed by atoms with Crippen molar-refractivity contribution in [1.29, 1.82) is 0 Å². The first-order valence-corrected chi connectivity index (χ1v) is 18.2. The van der Waals surface area contributed by atoms with Gasteiger partial charge in [0.05, 0.1) is 0 Å². The molecular weight excluding hydrogens is 753 g/mol. The summed E-state index contributed by atoms with van der Waals surface area (Å²) < 4.78 is 27.0. The third-order valence-electron chi connectivity index (χ3n) is 9.86. The molecule has 262 valence electrons. The van der Waals surface area contributed by atoms with Crippen LogP contribution in [0.3, 0.4) is 0 Å². The molecule has 0 aliphatic heterocycles. The smallest absolute Gasteiger partial charge is 1.00 e. The minimum atomic E-state index is -0.270. The number of hydrogen-bond acceptors (Lipinski definition) is 0. The van der Waals surface area contributed by atoms with E-state index in [1.165, 1.54) is 79.9 Å². The summed E-state index contributed by atoms with van der Waals surface area (Å²) in [5.74, 6) is -0.539. The molecule has 51 heavy (non-hydrogen) atoms. The van der Waals surface area contributed by atoms with Crippen LogP contribution in [-0.2, 0) is 46.9 Å². The summed E-state index contributed by atoms with van der Waals surface area (Å²) in [6, 6.07) is 29.0. The minimum absolute atomic E-state index is 0. The van der Waals surface area contributed by atoms with Crippen LogP contribution in [0.15, 0.2) is 97.1 Å². The summed E-state index contributed by atoms with van der Waals surface area (Å²) in [6.45, 7) is 18.0. The van der Waals surface area contributed by atoms with E-state index >= 15 is 0 Å². The van der Waals surface area contributed by atoms with Crippen molar-refractivity contribution < 1.29 is 57.8 Å². The summed E-state index contributed by atoms with van der Waals surface area (Å²) in [5, 5.41) is 0. The SMILES string of the molecule is CC1(C)[C-]=Cc2cc3c(cc21)Cc1cc2c(cc1-3)C=CC2(C)C.Cc1cc(C(C)(C)C)c[cH-]1.Fc1cccc([C](=[Zr+2])c2cccc(F)c2)c1.[Cl-].[Cl-]. The molecule has 8 rings (SSSR count). The number of rotatable bonds is 2. The molecule has 5 aromatic rings. The Balaban J connectivity index is 0.000000183. The van der Waals surface area contributed by atoms with E-state index in [1.54, 1.807) is 12.1 Å². The molecule has 3 aliphatic carbocycles. The molecule has 0 N–H and O–H groups in total. The van der Waals surface area contributed by atoms with Gasteiger partial charge in [0.1, 0.15) is 0 Å². The Kier molecular flexibility index (Phi) is 12.3. The third kappa shape index (κ3) is 8.76. The van der Waals surface area contributed by atoms with Gasteiger partial charge in [0.25, 0.3) is 0 Å². The van der Waals surface area contributed by atoms with Crippen LogP contribution in [-0.4, -0.2) is 3.21 Å². The van der Waals surface area contributed by atoms with E-state index < -0.39 is 0 Å². The maximum atomic E-state index is 13.0. The van der Waals surface area contributed by atoms with Crippen molar-refractivity contribution in [1.82, 2.24) is 0 Å². The maximum Gasteiger partial charge on any atom is -1.00 e. The molecule has 5 aromatic carbocycles. The van der Waals surface area contributed by atoms with E-state index in [2.05, 4.69) is 122 Å². The molecule has 0 saturated heterocycles. The quantitative estimate of drug-likeness (QED) is 0.196. The molecule has 0 heterocycles. The van der Waals surface area contributed by atoms with Crippen LogP contribution in [0.2, 0.25) is 0 Å². The van der Waals surface area contributed by atoms with Gasteiger partial charge in [-0.1, -0.05) is 90.5 Å². The Morgan fingerprint density at radius 3 is 1.80 bits per heavy atom. The second kappa shape index (κ2) is 15.5. The molecule has 0 spiro atoms. The average molecular weight is 797 g/mol. The Bertz CT molecular complexity index is 2010. The van der Waals surface area contributed by atoms with Gasteiger partial charge in [0, 0.05) is 5.41 Å². The first kappa shape index (κ1) is 40.7. The van der Waals surface area contributed by atoms with Gasteiger partial charge in [0.15, 0.2) is 0 Å². The molecule has 0 saturated carbocycles. The van der Waals surface area contributed by atoms with Crippen molar-refractivity contribution in [2.24, 2.45) is 0 Å². The number of aryl methyl sites for hydroxylation is 1. The number of hydrogen-bond donors (Lipinski definition) is 0. The largest absolute Gasteiger partial charge is 1.00 e. The Hall–Kier alpha value is -3.10. The van der Waals surface area contributed by atoms with E-state index in [0.29, 0.717) is 5.41 Å². The molecule has 0 aromatic heterocycles. The Labute approximate surface area is 330 Å². The fourth-order valence-electron chi connectivity index (χ4n) is 6.89. The minimum Gasteiger partial charge on any atom is -1.00 e. The summed E-state index contributed by atoms with van der Waals surface area (Å²) in [7, 11) is 0. The van der Waals surface area contributed by atoms with E-state index in [1.807, 2.05) is 12.1 Å². The standard InChI is InChI=1S/C23H21.C13H8F2.C10H15.2ClH.Zr/c1-22(2)7-5-14-10-18-16(12-20(14)22)9-17-13-21-15(11-19(17)18)6-8-23(21,3)4;14-12-5-1-3-10(8-12)7-11-4-2-6-13(15)9-11;1-8-5-6-9(7-8)10(2,3)4;;;/h5-7,10-13H,9H2,1-4H3;1-6,8-9H;5-7H,1-4H3;2*1H;/q-1;;-1;;;+2/p-2. The number of allylic oxidation sites excluding steroid dienone is 2. The molecule has 3 aliphatic rings. The molecule has 0 nitrogen and oxygen atoms in total. The molecule has 0 amide bonds. The zero-order valence-corrected chi connectivity index (χ0v) is 34.6. The second-order valence-electron chi connectivity index (χ2n) is 15.7. The van der Waals surface area contributed by atoms with E-state index in [4.69, 9.17) is 0 Å². The van der Waals surface area contributed by atoms with Crippen LogP contribution >= 0.6 is 0 Å². The number of fused-ring (bicyclic) bond motifs is 5. The van der Waals surface area contributed by atoms with Crippen molar-refractivity contribution in [3.63, 3.8) is 0 Å². The summed E-state index contributed by atoms with van der Waals surface area (Å²) in [6.07, 6.45) is 11.4. The number of benzene rings is 4. The molecule has 0 unspecified atom stereocenters. The molecule has 0 fully saturated rings. The van der Waals surface area contributed by atoms with Crippen molar-refractivity contribution in [2.45, 2.75) is 78.1 Å². The maximum absolute atomic E-state index is 13.0. The molecule has 0 radical (unpaired) electrons. The zero-order chi connectivity index (χ0) is 35.3. The van der Waals surface area contributed by atoms with E-state index in [9.17, 15) is 8.78 Å². The van der Waals surface area contributed by atoms with Crippen LogP contribution in [0.4, 0.5) is 8.78 Å². The van der Waals surface area contributed by atoms with Crippen molar-refractivity contribution in [3.8, 4) is 11.1 Å². The van der Waals surface area contributed by atoms with Crippen LogP contribution in [0.5, 0.6) is 0 Å². The second-order valence-corrected chi connectivity index (χ2v) is 16.9. The van der Waals surface area contributed by atoms with Gasteiger partial charge in [-0.05, 0) is 45.9 Å². The van der Waals surface area contributed by atoms with Gasteiger partial charge in [-0.2, -0.15) is 28.8 Å². The van der Waals surface area contributed by atoms with Gasteiger partial charge in [-0.3, -0.25) is 6.08 Å². The van der Waals surface area contributed by atoms with Gasteiger partial charge in [-0.25, -0.2) is 12.1 Å². The third-order valence-corrected chi connectivity index (χ3v) is 11.3. The van der Waals surface area contributed by atoms with Crippen LogP contribution in [0, 0.1) is 24.6 Å². The number of halogens is 4. The normalized spacial score (nSPS) is 14.7. The fraction of sp³-hybridized carbons (Fsp3) is 0.261. The average Bonchev–Trinajstić information content (AvgIpc) is 3.79. The first-order valence-electron chi connectivity index (χ1n) is 17.0. The summed E-state index contributed by atoms with van der Waals surface area (Å²) >= 11 is 1.13. The summed E-state index contributed by atoms with van der Waals surface area (Å²) in [5.41, 5.74) is 16.4. The monoisotopic (exact) mass is 794 g/mol. The van der Waals surface area contributed by atoms with Crippen LogP contribution in [0.1, 0.15) is 104 Å². The van der Waals surface area contributed by atoms with Crippen molar-refractivity contribution >= 4 is 15.4 Å². The van der Waals surface area contributed by atoms with Crippen LogP contribution < -0.4 is 24.8 Å². The summed E-state index contributed by atoms with van der Waals surface area (Å²) in [4.78, 5) is 0. The Morgan fingerprint density at radius 2 is 1.31 bits per heavy atom. The fourth-order valence-corrected chi connectivity index (χ4v) is 7.65. The topological polar surface area (TPSA) is 0 Å². The molecule has 0 atom stereocenters. The van der Waals surface area contributed by atoms with Crippen LogP contribution in [0.25, 0.3) is 23.3 Å². The van der Waals surface area contributed by atoms with Gasteiger partial charge >= 0.3 is 108 Å². The van der Waals surface area contributed by atoms with E-state index in [-0.39, 0.29) is 47.3 Å². The Morgan fingerprint density at radius 1 is 0.765 bits per heavy atom. The molecular formula is C46H44Cl2F2Zr-2. The molecule has 0 bridgehead atoms. The predicted octanol–water partition coefficient (Wildman–Crippen LogP) is 5.77. The van der Waals surface area contributed by atoms with Crippen molar-refractivity contribution in [3.05, 3.63) is 170 Å². The van der Waals surface area contributed by atoms with E-state index in [0.717, 1.165) is 45.0 Å². The zero-order valence-electron chi connectivity index (χ0n) is 30.6. The van der Waals surface area contributed by atoms with Crippen molar-refractivity contribution in [2.75, 3.05) is 0 Å². The van der Waals surface area contributed by atoms with Gasteiger partial charge < -0.3 is 24.8 Å². The first-order chi connectivity index (χ1) is 23.0. The van der Waals surface area contributed by atoms with Gasteiger partial charge in [0.2, 0.25) is 0 Å². The predicted molar refractivity (Wildman–Crippen MR) is 199 cm³/mol. The molecule has 5 heteroatoms.